The number of benzene rings is 1. The lowest BCUT2D eigenvalue weighted by Gasteiger charge is -2.02. The van der Waals surface area contributed by atoms with E-state index in [-0.39, 0.29) is 12.2 Å². The van der Waals surface area contributed by atoms with E-state index in [0.717, 1.165) is 11.1 Å². The van der Waals surface area contributed by atoms with Crippen molar-refractivity contribution in [1.29, 1.82) is 0 Å². The van der Waals surface area contributed by atoms with Crippen molar-refractivity contribution < 1.29 is 4.92 Å². The van der Waals surface area contributed by atoms with Crippen molar-refractivity contribution in [3.8, 4) is 11.8 Å². The molecule has 18 heavy (non-hydrogen) atoms. The van der Waals surface area contributed by atoms with Crippen LogP contribution >= 0.6 is 0 Å². The number of hydrogen-bond acceptors (Lipinski definition) is 3. The quantitative estimate of drug-likeness (QED) is 0.155. The monoisotopic (exact) mass is 244 g/mol. The van der Waals surface area contributed by atoms with Crippen LogP contribution in [0.15, 0.2) is 17.2 Å². The van der Waals surface area contributed by atoms with Crippen molar-refractivity contribution in [2.75, 3.05) is 6.54 Å². The van der Waals surface area contributed by atoms with Crippen LogP contribution in [-0.2, 0) is 0 Å². The summed E-state index contributed by atoms with van der Waals surface area (Å²) in [7, 11) is 0. The van der Waals surface area contributed by atoms with Gasteiger partial charge >= 0.3 is 0 Å². The molecule has 0 saturated heterocycles. The van der Waals surface area contributed by atoms with Gasteiger partial charge in [0.2, 0.25) is 0 Å². The minimum Gasteiger partial charge on any atom is -0.258 e. The van der Waals surface area contributed by atoms with Gasteiger partial charge in [-0.05, 0) is 30.5 Å². The molecule has 92 valence electrons. The number of nitro benzene ring substituents is 1. The average Bonchev–Trinajstić information content (AvgIpc) is 2.30. The van der Waals surface area contributed by atoms with E-state index in [9.17, 15) is 10.1 Å². The molecule has 0 radical (unpaired) electrons. The second-order valence-electron chi connectivity index (χ2n) is 3.74. The van der Waals surface area contributed by atoms with Crippen molar-refractivity contribution in [2.24, 2.45) is 5.11 Å². The SMILES string of the molecule is Cc1cc(C)c(C#CCCN=[N+]=[N-])c([N+](=O)[O-])c1. The summed E-state index contributed by atoms with van der Waals surface area (Å²) < 4.78 is 0. The first-order valence-corrected chi connectivity index (χ1v) is 5.31. The molecule has 0 spiro atoms. The normalized spacial score (nSPS) is 9.00. The minimum absolute atomic E-state index is 0.0174. The first kappa shape index (κ1) is 13.6. The highest BCUT2D eigenvalue weighted by Crippen LogP contribution is 2.23. The maximum absolute atomic E-state index is 10.9. The van der Waals surface area contributed by atoms with Crippen LogP contribution in [0.3, 0.4) is 0 Å². The lowest BCUT2D eigenvalue weighted by Crippen LogP contribution is -1.96. The zero-order valence-electron chi connectivity index (χ0n) is 10.2. The lowest BCUT2D eigenvalue weighted by atomic mass is 10.0. The second kappa shape index (κ2) is 6.28. The summed E-state index contributed by atoms with van der Waals surface area (Å²) in [5.74, 6) is 5.55. The van der Waals surface area contributed by atoms with E-state index in [1.165, 1.54) is 6.07 Å². The fourth-order valence-electron chi connectivity index (χ4n) is 1.55. The zero-order valence-corrected chi connectivity index (χ0v) is 10.2. The Hall–Kier alpha value is -2.51. The predicted octanol–water partition coefficient (Wildman–Crippen LogP) is 3.26. The number of rotatable bonds is 3. The van der Waals surface area contributed by atoms with Crippen LogP contribution < -0.4 is 0 Å². The van der Waals surface area contributed by atoms with Crippen LogP contribution in [0.2, 0.25) is 0 Å². The van der Waals surface area contributed by atoms with Gasteiger partial charge in [0.15, 0.2) is 0 Å². The summed E-state index contributed by atoms with van der Waals surface area (Å²) in [5.41, 5.74) is 10.1. The van der Waals surface area contributed by atoms with E-state index in [1.807, 2.05) is 6.07 Å². The number of nitro groups is 1. The van der Waals surface area contributed by atoms with E-state index < -0.39 is 4.92 Å². The highest BCUT2D eigenvalue weighted by atomic mass is 16.6. The summed E-state index contributed by atoms with van der Waals surface area (Å²) in [6, 6.07) is 3.36. The van der Waals surface area contributed by atoms with Gasteiger partial charge in [0.1, 0.15) is 5.56 Å². The molecular weight excluding hydrogens is 232 g/mol. The van der Waals surface area contributed by atoms with E-state index >= 15 is 0 Å². The first-order chi connectivity index (χ1) is 8.56. The van der Waals surface area contributed by atoms with E-state index in [4.69, 9.17) is 5.53 Å². The fraction of sp³-hybridized carbons (Fsp3) is 0.333. The Bertz CT molecular complexity index is 578. The van der Waals surface area contributed by atoms with Crippen molar-refractivity contribution >= 4 is 5.69 Å². The molecule has 6 heteroatoms. The molecule has 0 bridgehead atoms. The van der Waals surface area contributed by atoms with Crippen molar-refractivity contribution in [3.05, 3.63) is 49.4 Å². The number of azide groups is 1. The topological polar surface area (TPSA) is 91.9 Å². The Morgan fingerprint density at radius 1 is 1.50 bits per heavy atom. The van der Waals surface area contributed by atoms with Crippen LogP contribution in [0, 0.1) is 35.8 Å². The Kier molecular flexibility index (Phi) is 4.73. The third-order valence-corrected chi connectivity index (χ3v) is 2.27. The Labute approximate surface area is 104 Å². The van der Waals surface area contributed by atoms with Gasteiger partial charge in [-0.25, -0.2) is 0 Å². The van der Waals surface area contributed by atoms with Gasteiger partial charge in [0.25, 0.3) is 5.69 Å². The molecule has 0 aromatic heterocycles. The molecule has 0 unspecified atom stereocenters. The molecule has 0 aliphatic heterocycles. The highest BCUT2D eigenvalue weighted by molar-refractivity contribution is 5.56. The number of nitrogens with zero attached hydrogens (tertiary/aromatic N) is 4. The predicted molar refractivity (Wildman–Crippen MR) is 68.1 cm³/mol. The van der Waals surface area contributed by atoms with Gasteiger partial charge in [0, 0.05) is 23.9 Å². The van der Waals surface area contributed by atoms with E-state index in [0.29, 0.717) is 12.0 Å². The molecule has 0 aliphatic carbocycles. The molecular formula is C12H12N4O2. The maximum Gasteiger partial charge on any atom is 0.285 e. The van der Waals surface area contributed by atoms with Gasteiger partial charge < -0.3 is 0 Å². The van der Waals surface area contributed by atoms with Crippen molar-refractivity contribution in [1.82, 2.24) is 0 Å². The third kappa shape index (κ3) is 3.51. The van der Waals surface area contributed by atoms with Crippen LogP contribution in [0.5, 0.6) is 0 Å². The summed E-state index contributed by atoms with van der Waals surface area (Å²) in [4.78, 5) is 13.1. The zero-order chi connectivity index (χ0) is 13.5. The Morgan fingerprint density at radius 2 is 2.22 bits per heavy atom. The number of hydrogen-bond donors (Lipinski definition) is 0. The molecule has 0 aliphatic rings. The average molecular weight is 244 g/mol. The number of aryl methyl sites for hydroxylation is 2. The molecule has 0 atom stereocenters. The van der Waals surface area contributed by atoms with Gasteiger partial charge in [-0.15, -0.1) is 0 Å². The second-order valence-corrected chi connectivity index (χ2v) is 3.74. The van der Waals surface area contributed by atoms with Crippen LogP contribution in [0.25, 0.3) is 10.4 Å². The van der Waals surface area contributed by atoms with Crippen molar-refractivity contribution in [2.45, 2.75) is 20.3 Å². The summed E-state index contributed by atoms with van der Waals surface area (Å²) in [5, 5.41) is 14.3. The summed E-state index contributed by atoms with van der Waals surface area (Å²) in [6.07, 6.45) is 0.383. The lowest BCUT2D eigenvalue weighted by molar-refractivity contribution is -0.385. The van der Waals surface area contributed by atoms with Gasteiger partial charge in [-0.3, -0.25) is 10.1 Å². The summed E-state index contributed by atoms with van der Waals surface area (Å²) >= 11 is 0. The Morgan fingerprint density at radius 3 is 2.83 bits per heavy atom. The smallest absolute Gasteiger partial charge is 0.258 e. The molecule has 0 amide bonds. The van der Waals surface area contributed by atoms with Crippen molar-refractivity contribution in [3.63, 3.8) is 0 Å². The van der Waals surface area contributed by atoms with Crippen LogP contribution in [-0.4, -0.2) is 11.5 Å². The van der Waals surface area contributed by atoms with Crippen LogP contribution in [0.4, 0.5) is 5.69 Å². The third-order valence-electron chi connectivity index (χ3n) is 2.27. The van der Waals surface area contributed by atoms with E-state index in [1.54, 1.807) is 13.8 Å². The van der Waals surface area contributed by atoms with Gasteiger partial charge in [0.05, 0.1) is 4.92 Å². The molecule has 0 fully saturated rings. The van der Waals surface area contributed by atoms with Gasteiger partial charge in [-0.1, -0.05) is 23.0 Å². The minimum atomic E-state index is -0.433. The molecule has 0 heterocycles. The fourth-order valence-corrected chi connectivity index (χ4v) is 1.55. The van der Waals surface area contributed by atoms with Crippen LogP contribution in [0.1, 0.15) is 23.1 Å². The molecule has 1 aromatic rings. The molecule has 0 saturated carbocycles. The molecule has 0 N–H and O–H groups in total. The molecule has 1 aromatic carbocycles. The van der Waals surface area contributed by atoms with Gasteiger partial charge in [-0.2, -0.15) is 0 Å². The maximum atomic E-state index is 10.9. The Balaban J connectivity index is 3.07. The van der Waals surface area contributed by atoms with E-state index in [2.05, 4.69) is 21.9 Å². The summed E-state index contributed by atoms with van der Waals surface area (Å²) in [6.45, 7) is 3.86. The highest BCUT2D eigenvalue weighted by Gasteiger charge is 2.14. The molecule has 6 nitrogen and oxygen atoms in total. The molecule has 1 rings (SSSR count). The largest absolute Gasteiger partial charge is 0.285 e. The first-order valence-electron chi connectivity index (χ1n) is 5.31. The standard InChI is InChI=1S/C12H12N4O2/c1-9-7-10(2)11(12(8-9)16(17)18)5-3-4-6-14-15-13/h7-8H,4,6H2,1-2H3.